The van der Waals surface area contributed by atoms with Crippen molar-refractivity contribution in [3.8, 4) is 0 Å². The second kappa shape index (κ2) is 7.07. The zero-order valence-corrected chi connectivity index (χ0v) is 15.2. The first-order valence-corrected chi connectivity index (χ1v) is 8.70. The van der Waals surface area contributed by atoms with Crippen molar-refractivity contribution in [3.63, 3.8) is 0 Å². The van der Waals surface area contributed by atoms with Gasteiger partial charge in [-0.25, -0.2) is 0 Å². The molecule has 0 saturated heterocycles. The van der Waals surface area contributed by atoms with Crippen LogP contribution >= 0.6 is 0 Å². The fourth-order valence-corrected chi connectivity index (χ4v) is 3.63. The van der Waals surface area contributed by atoms with E-state index in [1.807, 2.05) is 20.8 Å². The molecule has 0 bridgehead atoms. The molecule has 2 fully saturated rings. The van der Waals surface area contributed by atoms with Crippen LogP contribution in [0, 0.1) is 5.41 Å². The third kappa shape index (κ3) is 4.16. The highest BCUT2D eigenvalue weighted by molar-refractivity contribution is 5.86. The third-order valence-electron chi connectivity index (χ3n) is 4.90. The summed E-state index contributed by atoms with van der Waals surface area (Å²) in [6, 6.07) is 0.393. The molecule has 0 aliphatic heterocycles. The molecule has 6 heteroatoms. The maximum absolute atomic E-state index is 11.9. The summed E-state index contributed by atoms with van der Waals surface area (Å²) in [4.78, 5) is 16.2. The van der Waals surface area contributed by atoms with Gasteiger partial charge in [0.05, 0.1) is 12.6 Å². The van der Waals surface area contributed by atoms with Gasteiger partial charge in [0.2, 0.25) is 5.91 Å². The highest BCUT2D eigenvalue weighted by atomic mass is 16.5. The van der Waals surface area contributed by atoms with Crippen molar-refractivity contribution in [1.82, 2.24) is 16.0 Å². The molecule has 0 aromatic rings. The number of rotatable bonds is 5. The number of amides is 1. The second-order valence-electron chi connectivity index (χ2n) is 7.69. The summed E-state index contributed by atoms with van der Waals surface area (Å²) >= 11 is 0. The fourth-order valence-electron chi connectivity index (χ4n) is 3.63. The van der Waals surface area contributed by atoms with Gasteiger partial charge in [-0.3, -0.25) is 9.79 Å². The number of carbonyl (C=O) groups excluding carboxylic acids is 1. The Balaban J connectivity index is 1.81. The van der Waals surface area contributed by atoms with Gasteiger partial charge in [-0.1, -0.05) is 6.42 Å². The van der Waals surface area contributed by atoms with E-state index >= 15 is 0 Å². The lowest BCUT2D eigenvalue weighted by Crippen LogP contribution is -2.68. The largest absolute Gasteiger partial charge is 0.378 e. The molecule has 0 aromatic heterocycles. The molecule has 3 N–H and O–H groups in total. The van der Waals surface area contributed by atoms with E-state index in [1.54, 1.807) is 7.05 Å². The molecule has 2 atom stereocenters. The molecule has 2 saturated carbocycles. The van der Waals surface area contributed by atoms with Crippen LogP contribution in [0.4, 0.5) is 0 Å². The number of ether oxygens (including phenoxy) is 1. The normalized spacial score (nSPS) is 26.2. The number of nitrogens with zero attached hydrogens (tertiary/aromatic N) is 1. The summed E-state index contributed by atoms with van der Waals surface area (Å²) < 4.78 is 5.87. The third-order valence-corrected chi connectivity index (χ3v) is 4.90. The van der Waals surface area contributed by atoms with Gasteiger partial charge in [0.1, 0.15) is 0 Å². The van der Waals surface area contributed by atoms with Crippen molar-refractivity contribution in [2.45, 2.75) is 71.1 Å². The van der Waals surface area contributed by atoms with Crippen LogP contribution in [-0.2, 0) is 9.53 Å². The van der Waals surface area contributed by atoms with Gasteiger partial charge in [0.15, 0.2) is 5.96 Å². The maximum Gasteiger partial charge on any atom is 0.239 e. The predicted octanol–water partition coefficient (Wildman–Crippen LogP) is 1.41. The molecule has 2 aliphatic carbocycles. The molecule has 1 amide bonds. The predicted molar refractivity (Wildman–Crippen MR) is 92.5 cm³/mol. The van der Waals surface area contributed by atoms with Gasteiger partial charge in [-0.15, -0.1) is 0 Å². The Kier molecular flexibility index (Phi) is 5.55. The topological polar surface area (TPSA) is 74.8 Å². The average molecular weight is 324 g/mol. The van der Waals surface area contributed by atoms with E-state index in [0.717, 1.165) is 13.0 Å². The molecule has 23 heavy (non-hydrogen) atoms. The lowest BCUT2D eigenvalue weighted by molar-refractivity contribution is -0.168. The Hall–Kier alpha value is -1.30. The molecule has 2 rings (SSSR count). The van der Waals surface area contributed by atoms with Crippen molar-refractivity contribution < 1.29 is 9.53 Å². The van der Waals surface area contributed by atoms with Crippen LogP contribution in [0.25, 0.3) is 0 Å². The first-order chi connectivity index (χ1) is 10.8. The molecule has 0 aromatic carbocycles. The zero-order chi connectivity index (χ0) is 17.1. The zero-order valence-electron chi connectivity index (χ0n) is 15.2. The van der Waals surface area contributed by atoms with E-state index in [1.165, 1.54) is 19.3 Å². The number of aliphatic imine (C=N–C) groups is 1. The van der Waals surface area contributed by atoms with Gasteiger partial charge in [-0.05, 0) is 47.0 Å². The Labute approximate surface area is 139 Å². The SMILES string of the molecule is CCOC1CC(NC(=NC)NCC(=O)NC(C)(C)C)C12CCC2. The van der Waals surface area contributed by atoms with Crippen molar-refractivity contribution >= 4 is 11.9 Å². The molecular formula is C17H32N4O2. The lowest BCUT2D eigenvalue weighted by atomic mass is 9.51. The summed E-state index contributed by atoms with van der Waals surface area (Å²) in [5.41, 5.74) is 0.0612. The number of hydrogen-bond donors (Lipinski definition) is 3. The summed E-state index contributed by atoms with van der Waals surface area (Å²) in [5.74, 6) is 0.667. The van der Waals surface area contributed by atoms with Crippen LogP contribution in [0.2, 0.25) is 0 Å². The van der Waals surface area contributed by atoms with Crippen molar-refractivity contribution in [2.24, 2.45) is 10.4 Å². The first kappa shape index (κ1) is 18.0. The van der Waals surface area contributed by atoms with Crippen molar-refractivity contribution in [1.29, 1.82) is 0 Å². The quantitative estimate of drug-likeness (QED) is 0.528. The summed E-state index contributed by atoms with van der Waals surface area (Å²) in [7, 11) is 1.74. The lowest BCUT2D eigenvalue weighted by Gasteiger charge is -2.61. The summed E-state index contributed by atoms with van der Waals surface area (Å²) in [5, 5.41) is 9.53. The van der Waals surface area contributed by atoms with E-state index < -0.39 is 0 Å². The summed E-state index contributed by atoms with van der Waals surface area (Å²) in [6.07, 6.45) is 5.11. The van der Waals surface area contributed by atoms with Crippen molar-refractivity contribution in [2.75, 3.05) is 20.2 Å². The highest BCUT2D eigenvalue weighted by Crippen LogP contribution is 2.57. The first-order valence-electron chi connectivity index (χ1n) is 8.70. The van der Waals surface area contributed by atoms with Crippen LogP contribution in [0.5, 0.6) is 0 Å². The van der Waals surface area contributed by atoms with Gasteiger partial charge >= 0.3 is 0 Å². The molecule has 132 valence electrons. The molecule has 0 heterocycles. The fraction of sp³-hybridized carbons (Fsp3) is 0.882. The number of nitrogens with one attached hydrogen (secondary N) is 3. The Morgan fingerprint density at radius 2 is 2.04 bits per heavy atom. The number of hydrogen-bond acceptors (Lipinski definition) is 3. The highest BCUT2D eigenvalue weighted by Gasteiger charge is 2.59. The summed E-state index contributed by atoms with van der Waals surface area (Å²) in [6.45, 7) is 8.98. The van der Waals surface area contributed by atoms with Crippen LogP contribution in [0.15, 0.2) is 4.99 Å². The van der Waals surface area contributed by atoms with Crippen LogP contribution in [-0.4, -0.2) is 49.8 Å². The van der Waals surface area contributed by atoms with E-state index in [4.69, 9.17) is 4.74 Å². The second-order valence-corrected chi connectivity index (χ2v) is 7.69. The minimum atomic E-state index is -0.218. The monoisotopic (exact) mass is 324 g/mol. The van der Waals surface area contributed by atoms with E-state index in [0.29, 0.717) is 18.1 Å². The minimum Gasteiger partial charge on any atom is -0.378 e. The van der Waals surface area contributed by atoms with Gasteiger partial charge in [0.25, 0.3) is 0 Å². The van der Waals surface area contributed by atoms with E-state index in [-0.39, 0.29) is 23.4 Å². The standard InChI is InChI=1S/C17H32N4O2/c1-6-23-13-10-12(17(13)8-7-9-17)20-15(18-5)19-11-14(22)21-16(2,3)4/h12-13H,6-11H2,1-5H3,(H,21,22)(H2,18,19,20). The van der Waals surface area contributed by atoms with Crippen LogP contribution in [0.3, 0.4) is 0 Å². The minimum absolute atomic E-state index is 0.0281. The molecule has 1 spiro atoms. The Bertz CT molecular complexity index is 452. The average Bonchev–Trinajstić information content (AvgIpc) is 2.37. The molecule has 2 unspecified atom stereocenters. The molecule has 2 aliphatic rings. The number of carbonyl (C=O) groups is 1. The Morgan fingerprint density at radius 3 is 2.52 bits per heavy atom. The van der Waals surface area contributed by atoms with E-state index in [2.05, 4.69) is 27.9 Å². The molecule has 6 nitrogen and oxygen atoms in total. The number of guanidine groups is 1. The van der Waals surface area contributed by atoms with Crippen LogP contribution < -0.4 is 16.0 Å². The van der Waals surface area contributed by atoms with Gasteiger partial charge in [0, 0.05) is 30.7 Å². The maximum atomic E-state index is 11.9. The molecule has 0 radical (unpaired) electrons. The molecular weight excluding hydrogens is 292 g/mol. The van der Waals surface area contributed by atoms with Crippen molar-refractivity contribution in [3.05, 3.63) is 0 Å². The van der Waals surface area contributed by atoms with E-state index in [9.17, 15) is 4.79 Å². The van der Waals surface area contributed by atoms with Gasteiger partial charge < -0.3 is 20.7 Å². The Morgan fingerprint density at radius 1 is 1.35 bits per heavy atom. The smallest absolute Gasteiger partial charge is 0.239 e. The van der Waals surface area contributed by atoms with Gasteiger partial charge in [-0.2, -0.15) is 0 Å². The van der Waals surface area contributed by atoms with Crippen LogP contribution in [0.1, 0.15) is 53.4 Å².